The molecular weight excluding hydrogens is 386 g/mol. The van der Waals surface area contributed by atoms with Crippen molar-refractivity contribution in [1.29, 1.82) is 5.26 Å². The Bertz CT molecular complexity index is 982. The fraction of sp³-hybridized carbons (Fsp3) is 0.105. The van der Waals surface area contributed by atoms with E-state index in [1.54, 1.807) is 48.5 Å². The zero-order valence-corrected chi connectivity index (χ0v) is 15.8. The van der Waals surface area contributed by atoms with Crippen LogP contribution in [0.25, 0.3) is 6.08 Å². The molecule has 1 saturated heterocycles. The normalized spacial score (nSPS) is 16.3. The lowest BCUT2D eigenvalue weighted by molar-refractivity contribution is -0.115. The van der Waals surface area contributed by atoms with E-state index in [2.05, 4.69) is 10.3 Å². The van der Waals surface area contributed by atoms with Crippen molar-refractivity contribution in [2.24, 2.45) is 4.99 Å². The lowest BCUT2D eigenvalue weighted by Gasteiger charge is -2.08. The number of methoxy groups -OCH3 is 1. The van der Waals surface area contributed by atoms with Gasteiger partial charge in [-0.1, -0.05) is 23.7 Å². The van der Waals surface area contributed by atoms with Crippen molar-refractivity contribution in [2.75, 3.05) is 13.7 Å². The maximum Gasteiger partial charge on any atom is 0.264 e. The average Bonchev–Trinajstić information content (AvgIpc) is 2.99. The summed E-state index contributed by atoms with van der Waals surface area (Å²) in [5, 5.41) is 12.4. The van der Waals surface area contributed by atoms with Crippen molar-refractivity contribution in [1.82, 2.24) is 5.32 Å². The van der Waals surface area contributed by atoms with Gasteiger partial charge in [-0.3, -0.25) is 4.79 Å². The molecule has 1 heterocycles. The second-order valence-corrected chi connectivity index (χ2v) is 6.79. The molecule has 8 heteroatoms. The molecule has 0 radical (unpaired) electrons. The number of halogens is 1. The number of hydrogen-bond acceptors (Lipinski definition) is 6. The molecule has 0 bridgehead atoms. The van der Waals surface area contributed by atoms with E-state index in [1.165, 1.54) is 18.9 Å². The van der Waals surface area contributed by atoms with E-state index in [1.807, 2.05) is 6.07 Å². The molecule has 0 saturated carbocycles. The van der Waals surface area contributed by atoms with Crippen molar-refractivity contribution in [2.45, 2.75) is 0 Å². The summed E-state index contributed by atoms with van der Waals surface area (Å²) < 4.78 is 10.6. The number of aliphatic imine (C=N–C) groups is 1. The van der Waals surface area contributed by atoms with E-state index in [0.29, 0.717) is 32.3 Å². The van der Waals surface area contributed by atoms with Crippen LogP contribution in [0.5, 0.6) is 11.5 Å². The van der Waals surface area contributed by atoms with Gasteiger partial charge in [-0.2, -0.15) is 5.26 Å². The Morgan fingerprint density at radius 2 is 2.15 bits per heavy atom. The minimum absolute atomic E-state index is 0.0711. The van der Waals surface area contributed by atoms with Gasteiger partial charge in [0.15, 0.2) is 23.3 Å². The Balaban J connectivity index is 1.81. The van der Waals surface area contributed by atoms with Crippen molar-refractivity contribution < 1.29 is 14.3 Å². The third kappa shape index (κ3) is 4.82. The van der Waals surface area contributed by atoms with Crippen LogP contribution in [0, 0.1) is 11.3 Å². The van der Waals surface area contributed by atoms with E-state index >= 15 is 0 Å². The van der Waals surface area contributed by atoms with Gasteiger partial charge < -0.3 is 14.8 Å². The largest absolute Gasteiger partial charge is 0.493 e. The monoisotopic (exact) mass is 399 g/mol. The maximum absolute atomic E-state index is 12.2. The Kier molecular flexibility index (Phi) is 6.01. The number of benzene rings is 2. The van der Waals surface area contributed by atoms with Gasteiger partial charge in [-0.25, -0.2) is 4.99 Å². The summed E-state index contributed by atoms with van der Waals surface area (Å²) in [7, 11) is 1.51. The summed E-state index contributed by atoms with van der Waals surface area (Å²) in [6, 6.07) is 14.2. The molecule has 0 unspecified atom stereocenters. The summed E-state index contributed by atoms with van der Waals surface area (Å²) >= 11 is 7.19. The molecule has 27 heavy (non-hydrogen) atoms. The number of carbonyl (C=O) groups excluding carboxylic acids is 1. The molecule has 3 rings (SSSR count). The first kappa shape index (κ1) is 18.8. The molecule has 136 valence electrons. The van der Waals surface area contributed by atoms with Crippen LogP contribution in [0.3, 0.4) is 0 Å². The van der Waals surface area contributed by atoms with Crippen LogP contribution in [0.15, 0.2) is 52.4 Å². The van der Waals surface area contributed by atoms with E-state index in [-0.39, 0.29) is 12.5 Å². The van der Waals surface area contributed by atoms with Crippen molar-refractivity contribution in [3.8, 4) is 17.6 Å². The Hall–Kier alpha value is -2.95. The highest BCUT2D eigenvalue weighted by Crippen LogP contribution is 2.32. The van der Waals surface area contributed by atoms with Gasteiger partial charge >= 0.3 is 0 Å². The van der Waals surface area contributed by atoms with Crippen LogP contribution in [0.2, 0.25) is 5.02 Å². The molecule has 0 aliphatic carbocycles. The topological polar surface area (TPSA) is 83.7 Å². The average molecular weight is 400 g/mol. The number of nitrogens with one attached hydrogen (secondary N) is 1. The Morgan fingerprint density at radius 1 is 1.30 bits per heavy atom. The van der Waals surface area contributed by atoms with Crippen LogP contribution >= 0.6 is 23.4 Å². The van der Waals surface area contributed by atoms with E-state index in [9.17, 15) is 4.79 Å². The third-order valence-electron chi connectivity index (χ3n) is 3.47. The molecule has 0 atom stereocenters. The summed E-state index contributed by atoms with van der Waals surface area (Å²) in [4.78, 5) is 17.1. The molecule has 0 spiro atoms. The first-order chi connectivity index (χ1) is 13.1. The fourth-order valence-corrected chi connectivity index (χ4v) is 3.32. The quantitative estimate of drug-likeness (QED) is 0.764. The van der Waals surface area contributed by atoms with Gasteiger partial charge in [0, 0.05) is 5.02 Å². The van der Waals surface area contributed by atoms with Crippen LogP contribution in [0.1, 0.15) is 5.56 Å². The molecule has 1 aliphatic rings. The Morgan fingerprint density at radius 3 is 2.89 bits per heavy atom. The van der Waals surface area contributed by atoms with Gasteiger partial charge in [0.25, 0.3) is 5.91 Å². The number of rotatable bonds is 5. The first-order valence-electron chi connectivity index (χ1n) is 7.82. The molecule has 1 N–H and O–H groups in total. The number of nitriles is 1. The van der Waals surface area contributed by atoms with E-state index in [0.717, 1.165) is 5.56 Å². The number of amides is 1. The molecule has 1 fully saturated rings. The highest BCUT2D eigenvalue weighted by Gasteiger charge is 2.24. The van der Waals surface area contributed by atoms with Gasteiger partial charge in [0.2, 0.25) is 0 Å². The van der Waals surface area contributed by atoms with E-state index in [4.69, 9.17) is 26.3 Å². The van der Waals surface area contributed by atoms with Crippen molar-refractivity contribution in [3.05, 3.63) is 58.0 Å². The smallest absolute Gasteiger partial charge is 0.264 e. The number of carbonyl (C=O) groups is 1. The van der Waals surface area contributed by atoms with Crippen molar-refractivity contribution in [3.63, 3.8) is 0 Å². The number of amidine groups is 1. The van der Waals surface area contributed by atoms with Gasteiger partial charge in [0.05, 0.1) is 17.7 Å². The van der Waals surface area contributed by atoms with Crippen LogP contribution in [-0.2, 0) is 4.79 Å². The molecule has 2 aromatic rings. The summed E-state index contributed by atoms with van der Waals surface area (Å²) in [5.41, 5.74) is 1.42. The lowest BCUT2D eigenvalue weighted by atomic mass is 10.2. The van der Waals surface area contributed by atoms with Gasteiger partial charge in [-0.05, 0) is 53.7 Å². The summed E-state index contributed by atoms with van der Waals surface area (Å²) in [6.07, 6.45) is 1.73. The predicted octanol–water partition coefficient (Wildman–Crippen LogP) is 4.14. The summed E-state index contributed by atoms with van der Waals surface area (Å²) in [6.45, 7) is -0.0711. The number of ether oxygens (including phenoxy) is 2. The zero-order valence-electron chi connectivity index (χ0n) is 14.2. The first-order valence-corrected chi connectivity index (χ1v) is 9.01. The highest BCUT2D eigenvalue weighted by molar-refractivity contribution is 8.18. The van der Waals surface area contributed by atoms with Crippen molar-refractivity contribution >= 4 is 46.2 Å². The molecular formula is C19H14ClN3O3S. The van der Waals surface area contributed by atoms with Crippen LogP contribution < -0.4 is 14.8 Å². The predicted molar refractivity (Wildman–Crippen MR) is 106 cm³/mol. The SMILES string of the molecule is COc1cc(C=C2SC(=Nc3cccc(Cl)c3)NC2=O)ccc1OCC#N. The molecule has 1 amide bonds. The minimum atomic E-state index is -0.232. The molecule has 2 aromatic carbocycles. The van der Waals surface area contributed by atoms with Crippen LogP contribution in [0.4, 0.5) is 5.69 Å². The van der Waals surface area contributed by atoms with Crippen LogP contribution in [-0.4, -0.2) is 24.8 Å². The van der Waals surface area contributed by atoms with Gasteiger partial charge in [-0.15, -0.1) is 0 Å². The lowest BCUT2D eigenvalue weighted by Crippen LogP contribution is -2.19. The Labute approximate surface area is 165 Å². The number of thioether (sulfide) groups is 1. The van der Waals surface area contributed by atoms with Gasteiger partial charge in [0.1, 0.15) is 6.07 Å². The second kappa shape index (κ2) is 8.62. The third-order valence-corrected chi connectivity index (χ3v) is 4.61. The van der Waals surface area contributed by atoms with E-state index < -0.39 is 0 Å². The fourth-order valence-electron chi connectivity index (χ4n) is 2.30. The minimum Gasteiger partial charge on any atom is -0.493 e. The number of hydrogen-bond donors (Lipinski definition) is 1. The zero-order chi connectivity index (χ0) is 19.2. The standard InChI is InChI=1S/C19H14ClN3O3S/c1-25-16-9-12(5-6-15(16)26-8-7-21)10-17-18(24)23-19(27-17)22-14-4-2-3-13(20)11-14/h2-6,9-11H,8H2,1H3,(H,22,23,24). The second-order valence-electron chi connectivity index (χ2n) is 5.32. The summed E-state index contributed by atoms with van der Waals surface area (Å²) in [5.74, 6) is 0.716. The molecule has 6 nitrogen and oxygen atoms in total. The highest BCUT2D eigenvalue weighted by atomic mass is 35.5. The number of nitrogens with zero attached hydrogens (tertiary/aromatic N) is 2. The molecule has 1 aliphatic heterocycles. The maximum atomic E-state index is 12.2. The molecule has 0 aromatic heterocycles.